The number of aliphatic hydroxyl groups is 4. The number of nitrogens with zero attached hydrogens (tertiary/aromatic N) is 1. The van der Waals surface area contributed by atoms with Crippen LogP contribution < -0.4 is 9.47 Å². The minimum atomic E-state index is -1.52. The van der Waals surface area contributed by atoms with Gasteiger partial charge in [0.1, 0.15) is 36.4 Å². The Kier molecular flexibility index (Phi) is 9.32. The first-order chi connectivity index (χ1) is 15.5. The molecule has 4 N–H and O–H groups in total. The number of fused-ring (bicyclic) bond motifs is 1. The lowest BCUT2D eigenvalue weighted by Gasteiger charge is -2.31. The van der Waals surface area contributed by atoms with E-state index in [4.69, 9.17) is 9.47 Å². The molecule has 1 aliphatic heterocycles. The molecule has 2 aromatic carbocycles. The third kappa shape index (κ3) is 6.92. The first-order valence-electron chi connectivity index (χ1n) is 11.3. The number of benzene rings is 2. The van der Waals surface area contributed by atoms with Gasteiger partial charge in [-0.25, -0.2) is 0 Å². The highest BCUT2D eigenvalue weighted by Crippen LogP contribution is 2.22. The zero-order valence-corrected chi connectivity index (χ0v) is 18.6. The van der Waals surface area contributed by atoms with Gasteiger partial charge in [0.25, 0.3) is 0 Å². The van der Waals surface area contributed by atoms with Crippen LogP contribution in [0.1, 0.15) is 30.9 Å². The molecule has 7 heteroatoms. The topological polar surface area (TPSA) is 103 Å². The summed E-state index contributed by atoms with van der Waals surface area (Å²) in [4.78, 5) is 2.07. The number of ether oxygens (including phenoxy) is 2. The van der Waals surface area contributed by atoms with Gasteiger partial charge in [-0.05, 0) is 62.1 Å². The van der Waals surface area contributed by atoms with Crippen molar-refractivity contribution < 1.29 is 29.9 Å². The summed E-state index contributed by atoms with van der Waals surface area (Å²) >= 11 is 0. The Morgan fingerprint density at radius 2 is 1.66 bits per heavy atom. The fourth-order valence-corrected chi connectivity index (χ4v) is 3.95. The zero-order chi connectivity index (χ0) is 22.9. The lowest BCUT2D eigenvalue weighted by Crippen LogP contribution is -2.50. The third-order valence-corrected chi connectivity index (χ3v) is 5.78. The van der Waals surface area contributed by atoms with Gasteiger partial charge in [-0.15, -0.1) is 0 Å². The van der Waals surface area contributed by atoms with Crippen molar-refractivity contribution in [3.8, 4) is 11.5 Å². The number of rotatable bonds is 4. The number of hydrogen-bond donors (Lipinski definition) is 4. The molecule has 0 saturated heterocycles. The van der Waals surface area contributed by atoms with Crippen molar-refractivity contribution in [2.75, 3.05) is 26.3 Å². The smallest absolute Gasteiger partial charge is 0.122 e. The first kappa shape index (κ1) is 24.5. The van der Waals surface area contributed by atoms with Crippen molar-refractivity contribution in [2.24, 2.45) is 0 Å². The van der Waals surface area contributed by atoms with E-state index in [0.717, 1.165) is 42.7 Å². The van der Waals surface area contributed by atoms with Gasteiger partial charge in [0.15, 0.2) is 0 Å². The van der Waals surface area contributed by atoms with Gasteiger partial charge in [0.05, 0.1) is 12.7 Å². The third-order valence-electron chi connectivity index (χ3n) is 5.78. The normalized spacial score (nSPS) is 25.9. The molecule has 0 radical (unpaired) electrons. The van der Waals surface area contributed by atoms with Crippen LogP contribution in [-0.4, -0.2) is 76.0 Å². The van der Waals surface area contributed by atoms with Crippen molar-refractivity contribution in [3.05, 3.63) is 59.7 Å². The van der Waals surface area contributed by atoms with Crippen LogP contribution >= 0.6 is 0 Å². The summed E-state index contributed by atoms with van der Waals surface area (Å²) in [5.74, 6) is 1.47. The number of para-hydroxylation sites is 1. The predicted octanol–water partition coefficient (Wildman–Crippen LogP) is 1.75. The molecule has 4 atom stereocenters. The van der Waals surface area contributed by atoms with Gasteiger partial charge >= 0.3 is 0 Å². The Balaban J connectivity index is 1.73. The molecule has 0 fully saturated rings. The van der Waals surface area contributed by atoms with Crippen molar-refractivity contribution in [2.45, 2.75) is 57.1 Å². The van der Waals surface area contributed by atoms with Crippen LogP contribution in [0.2, 0.25) is 0 Å². The van der Waals surface area contributed by atoms with E-state index in [1.807, 2.05) is 55.5 Å². The fraction of sp³-hybridized carbons (Fsp3) is 0.520. The average Bonchev–Trinajstić information content (AvgIpc) is 2.80. The summed E-state index contributed by atoms with van der Waals surface area (Å²) < 4.78 is 11.2. The molecule has 2 aromatic rings. The van der Waals surface area contributed by atoms with Gasteiger partial charge in [-0.1, -0.05) is 30.3 Å². The largest absolute Gasteiger partial charge is 0.494 e. The highest BCUT2D eigenvalue weighted by atomic mass is 16.5. The SMILES string of the molecule is CCOc1ccc(CN2CCCCc3ccccc3OC[C@@H](O)[C@@H](O)[C@H](O)[C@@H](O)C2)cc1. The summed E-state index contributed by atoms with van der Waals surface area (Å²) in [5, 5.41) is 41.7. The summed E-state index contributed by atoms with van der Waals surface area (Å²) in [5.41, 5.74) is 2.11. The molecule has 0 saturated carbocycles. The van der Waals surface area contributed by atoms with E-state index in [2.05, 4.69) is 4.90 Å². The van der Waals surface area contributed by atoms with Gasteiger partial charge in [-0.2, -0.15) is 0 Å². The second-order valence-electron chi connectivity index (χ2n) is 8.30. The van der Waals surface area contributed by atoms with E-state index in [1.165, 1.54) is 0 Å². The minimum Gasteiger partial charge on any atom is -0.494 e. The molecule has 32 heavy (non-hydrogen) atoms. The molecule has 3 rings (SSSR count). The van der Waals surface area contributed by atoms with Gasteiger partial charge in [0.2, 0.25) is 0 Å². The van der Waals surface area contributed by atoms with E-state index in [0.29, 0.717) is 18.9 Å². The Morgan fingerprint density at radius 3 is 2.41 bits per heavy atom. The summed E-state index contributed by atoms with van der Waals surface area (Å²) in [6, 6.07) is 15.5. The second-order valence-corrected chi connectivity index (χ2v) is 8.30. The number of aryl methyl sites for hydroxylation is 1. The van der Waals surface area contributed by atoms with Crippen LogP contribution in [0.4, 0.5) is 0 Å². The van der Waals surface area contributed by atoms with E-state index in [1.54, 1.807) is 0 Å². The maximum absolute atomic E-state index is 10.6. The Bertz CT molecular complexity index is 814. The van der Waals surface area contributed by atoms with Crippen molar-refractivity contribution >= 4 is 0 Å². The Morgan fingerprint density at radius 1 is 0.938 bits per heavy atom. The van der Waals surface area contributed by atoms with Crippen molar-refractivity contribution in [1.29, 1.82) is 0 Å². The number of aliphatic hydroxyl groups excluding tert-OH is 4. The van der Waals surface area contributed by atoms with Crippen LogP contribution in [-0.2, 0) is 13.0 Å². The Labute approximate surface area is 189 Å². The maximum Gasteiger partial charge on any atom is 0.122 e. The molecule has 0 amide bonds. The second kappa shape index (κ2) is 12.2. The van der Waals surface area contributed by atoms with Crippen LogP contribution in [0.15, 0.2) is 48.5 Å². The summed E-state index contributed by atoms with van der Waals surface area (Å²) in [6.07, 6.45) is -2.88. The molecule has 1 heterocycles. The van der Waals surface area contributed by atoms with Gasteiger partial charge in [0, 0.05) is 13.1 Å². The van der Waals surface area contributed by atoms with Crippen molar-refractivity contribution in [3.63, 3.8) is 0 Å². The first-order valence-corrected chi connectivity index (χ1v) is 11.3. The lowest BCUT2D eigenvalue weighted by molar-refractivity contribution is -0.118. The summed E-state index contributed by atoms with van der Waals surface area (Å²) in [6.45, 7) is 3.87. The molecule has 0 aromatic heterocycles. The maximum atomic E-state index is 10.6. The van der Waals surface area contributed by atoms with E-state index in [9.17, 15) is 20.4 Å². The van der Waals surface area contributed by atoms with Gasteiger partial charge in [-0.3, -0.25) is 4.90 Å². The van der Waals surface area contributed by atoms with Crippen LogP contribution in [0.3, 0.4) is 0 Å². The quantitative estimate of drug-likeness (QED) is 0.569. The van der Waals surface area contributed by atoms with Crippen LogP contribution in [0.5, 0.6) is 11.5 Å². The van der Waals surface area contributed by atoms with E-state index in [-0.39, 0.29) is 13.2 Å². The molecule has 0 spiro atoms. The molecule has 1 aliphatic rings. The fourth-order valence-electron chi connectivity index (χ4n) is 3.95. The molecular weight excluding hydrogens is 410 g/mol. The number of hydrogen-bond acceptors (Lipinski definition) is 7. The standard InChI is InChI=1S/C25H35NO6/c1-2-31-20-12-10-18(11-13-20)15-26-14-6-5-8-19-7-3-4-9-23(19)32-17-22(28)25(30)24(29)21(27)16-26/h3-4,7,9-13,21-22,24-25,27-30H,2,5-6,8,14-17H2,1H3/t21-,22+,24+,25+/m0/s1. The zero-order valence-electron chi connectivity index (χ0n) is 18.6. The summed E-state index contributed by atoms with van der Waals surface area (Å²) in [7, 11) is 0. The molecular formula is C25H35NO6. The van der Waals surface area contributed by atoms with Crippen LogP contribution in [0, 0.1) is 0 Å². The average molecular weight is 446 g/mol. The molecule has 0 bridgehead atoms. The van der Waals surface area contributed by atoms with Crippen molar-refractivity contribution in [1.82, 2.24) is 4.90 Å². The number of β-amino-alcohol motifs (C(OH)–C–C–N with tert-alkyl or cyclic N) is 1. The minimum absolute atomic E-state index is 0.169. The molecule has 0 aliphatic carbocycles. The molecule has 7 nitrogen and oxygen atoms in total. The molecule has 0 unspecified atom stereocenters. The van der Waals surface area contributed by atoms with Gasteiger partial charge < -0.3 is 29.9 Å². The Hall–Kier alpha value is -2.16. The monoisotopic (exact) mass is 445 g/mol. The highest BCUT2D eigenvalue weighted by molar-refractivity contribution is 5.33. The molecule has 176 valence electrons. The highest BCUT2D eigenvalue weighted by Gasteiger charge is 2.32. The van der Waals surface area contributed by atoms with E-state index < -0.39 is 24.4 Å². The van der Waals surface area contributed by atoms with E-state index >= 15 is 0 Å². The lowest BCUT2D eigenvalue weighted by atomic mass is 10.0. The van der Waals surface area contributed by atoms with Crippen LogP contribution in [0.25, 0.3) is 0 Å². The predicted molar refractivity (Wildman–Crippen MR) is 122 cm³/mol.